The highest BCUT2D eigenvalue weighted by Gasteiger charge is 2.04. The zero-order valence-electron chi connectivity index (χ0n) is 9.21. The summed E-state index contributed by atoms with van der Waals surface area (Å²) in [6, 6.07) is 6.51. The van der Waals surface area contributed by atoms with Crippen LogP contribution in [0.3, 0.4) is 0 Å². The van der Waals surface area contributed by atoms with Crippen LogP contribution >= 0.6 is 0 Å². The first-order valence-corrected chi connectivity index (χ1v) is 5.21. The molecule has 1 heteroatoms. The maximum Gasteiger partial charge on any atom is 0.123 e. The van der Waals surface area contributed by atoms with E-state index in [4.69, 9.17) is 0 Å². The molecule has 1 atom stereocenters. The average molecular weight is 190 g/mol. The van der Waals surface area contributed by atoms with Crippen molar-refractivity contribution < 1.29 is 4.79 Å². The third-order valence-corrected chi connectivity index (χ3v) is 2.59. The van der Waals surface area contributed by atoms with Gasteiger partial charge in [0, 0.05) is 5.92 Å². The lowest BCUT2D eigenvalue weighted by atomic mass is 9.96. The number of benzene rings is 1. The Kier molecular flexibility index (Phi) is 3.87. The van der Waals surface area contributed by atoms with Crippen molar-refractivity contribution in [2.24, 2.45) is 5.92 Å². The molecule has 1 rings (SSSR count). The van der Waals surface area contributed by atoms with Crippen molar-refractivity contribution >= 4 is 6.29 Å². The summed E-state index contributed by atoms with van der Waals surface area (Å²) in [4.78, 5) is 10.5. The van der Waals surface area contributed by atoms with Crippen LogP contribution in [-0.2, 0) is 17.6 Å². The summed E-state index contributed by atoms with van der Waals surface area (Å²) in [5, 5.41) is 0. The quantitative estimate of drug-likeness (QED) is 0.667. The minimum atomic E-state index is 0.126. The lowest BCUT2D eigenvalue weighted by molar-refractivity contribution is -0.110. The lowest BCUT2D eigenvalue weighted by Gasteiger charge is -2.09. The molecule has 14 heavy (non-hydrogen) atoms. The van der Waals surface area contributed by atoms with Crippen LogP contribution in [-0.4, -0.2) is 6.29 Å². The molecule has 76 valence electrons. The fourth-order valence-corrected chi connectivity index (χ4v) is 1.60. The fourth-order valence-electron chi connectivity index (χ4n) is 1.60. The van der Waals surface area contributed by atoms with E-state index >= 15 is 0 Å². The number of rotatable bonds is 4. The third kappa shape index (κ3) is 2.69. The van der Waals surface area contributed by atoms with Crippen molar-refractivity contribution in [1.29, 1.82) is 0 Å². The second-order valence-corrected chi connectivity index (χ2v) is 3.93. The Bertz CT molecular complexity index is 315. The predicted molar refractivity (Wildman–Crippen MR) is 59.5 cm³/mol. The Hall–Kier alpha value is -1.11. The minimum Gasteiger partial charge on any atom is -0.303 e. The molecule has 0 aliphatic carbocycles. The van der Waals surface area contributed by atoms with Crippen LogP contribution in [0.25, 0.3) is 0 Å². The molecule has 0 saturated heterocycles. The monoisotopic (exact) mass is 190 g/mol. The first-order valence-electron chi connectivity index (χ1n) is 5.21. The maximum absolute atomic E-state index is 10.5. The van der Waals surface area contributed by atoms with Crippen LogP contribution in [0.2, 0.25) is 0 Å². The standard InChI is InChI=1S/C13H18O/c1-4-12-5-6-13(11(3)8-12)7-10(2)9-14/h5-6,8-10H,4,7H2,1-3H3/t10-/m1/s1. The van der Waals surface area contributed by atoms with Crippen LogP contribution in [0.5, 0.6) is 0 Å². The van der Waals surface area contributed by atoms with Gasteiger partial charge in [-0.3, -0.25) is 0 Å². The Morgan fingerprint density at radius 3 is 2.64 bits per heavy atom. The van der Waals surface area contributed by atoms with Crippen molar-refractivity contribution in [1.82, 2.24) is 0 Å². The second kappa shape index (κ2) is 4.94. The Balaban J connectivity index is 2.83. The molecule has 0 amide bonds. The molecule has 0 N–H and O–H groups in total. The summed E-state index contributed by atoms with van der Waals surface area (Å²) >= 11 is 0. The summed E-state index contributed by atoms with van der Waals surface area (Å²) in [5.41, 5.74) is 3.96. The van der Waals surface area contributed by atoms with E-state index in [0.717, 1.165) is 19.1 Å². The summed E-state index contributed by atoms with van der Waals surface area (Å²) in [6.07, 6.45) is 2.96. The van der Waals surface area contributed by atoms with Gasteiger partial charge in [0.2, 0.25) is 0 Å². The molecule has 0 fully saturated rings. The number of aryl methyl sites for hydroxylation is 2. The minimum absolute atomic E-state index is 0.126. The largest absolute Gasteiger partial charge is 0.303 e. The van der Waals surface area contributed by atoms with Gasteiger partial charge < -0.3 is 4.79 Å². The van der Waals surface area contributed by atoms with E-state index in [1.807, 2.05) is 6.92 Å². The highest BCUT2D eigenvalue weighted by molar-refractivity contribution is 5.54. The van der Waals surface area contributed by atoms with Crippen LogP contribution in [0, 0.1) is 12.8 Å². The summed E-state index contributed by atoms with van der Waals surface area (Å²) in [6.45, 7) is 6.23. The molecule has 0 radical (unpaired) electrons. The molecule has 0 heterocycles. The van der Waals surface area contributed by atoms with Gasteiger partial charge in [-0.1, -0.05) is 32.0 Å². The first-order chi connectivity index (χ1) is 6.67. The summed E-state index contributed by atoms with van der Waals surface area (Å²) in [5.74, 6) is 0.126. The van der Waals surface area contributed by atoms with Crippen LogP contribution < -0.4 is 0 Å². The van der Waals surface area contributed by atoms with Crippen LogP contribution in [0.15, 0.2) is 18.2 Å². The van der Waals surface area contributed by atoms with Gasteiger partial charge in [0.15, 0.2) is 0 Å². The molecule has 1 aromatic carbocycles. The highest BCUT2D eigenvalue weighted by Crippen LogP contribution is 2.15. The average Bonchev–Trinajstić information content (AvgIpc) is 2.20. The summed E-state index contributed by atoms with van der Waals surface area (Å²) in [7, 11) is 0. The highest BCUT2D eigenvalue weighted by atomic mass is 16.1. The van der Waals surface area contributed by atoms with Gasteiger partial charge in [0.05, 0.1) is 0 Å². The van der Waals surface area contributed by atoms with Crippen LogP contribution in [0.4, 0.5) is 0 Å². The zero-order valence-corrected chi connectivity index (χ0v) is 9.21. The number of hydrogen-bond donors (Lipinski definition) is 0. The molecule has 0 bridgehead atoms. The lowest BCUT2D eigenvalue weighted by Crippen LogP contribution is -2.02. The van der Waals surface area contributed by atoms with E-state index < -0.39 is 0 Å². The molecule has 0 aliphatic rings. The van der Waals surface area contributed by atoms with Gasteiger partial charge in [-0.2, -0.15) is 0 Å². The van der Waals surface area contributed by atoms with Gasteiger partial charge in [-0.25, -0.2) is 0 Å². The van der Waals surface area contributed by atoms with Crippen molar-refractivity contribution in [2.75, 3.05) is 0 Å². The van der Waals surface area contributed by atoms with Crippen molar-refractivity contribution in [2.45, 2.75) is 33.6 Å². The summed E-state index contributed by atoms with van der Waals surface area (Å²) < 4.78 is 0. The smallest absolute Gasteiger partial charge is 0.123 e. The number of carbonyl (C=O) groups excluding carboxylic acids is 1. The molecular weight excluding hydrogens is 172 g/mol. The first kappa shape index (κ1) is 11.0. The van der Waals surface area contributed by atoms with Crippen molar-refractivity contribution in [3.05, 3.63) is 34.9 Å². The van der Waals surface area contributed by atoms with Gasteiger partial charge in [0.1, 0.15) is 6.29 Å². The van der Waals surface area contributed by atoms with Gasteiger partial charge in [-0.05, 0) is 36.5 Å². The fraction of sp³-hybridized carbons (Fsp3) is 0.462. The van der Waals surface area contributed by atoms with Gasteiger partial charge in [0.25, 0.3) is 0 Å². The Morgan fingerprint density at radius 1 is 1.43 bits per heavy atom. The molecule has 1 nitrogen and oxygen atoms in total. The number of carbonyl (C=O) groups is 1. The Morgan fingerprint density at radius 2 is 2.14 bits per heavy atom. The molecule has 0 spiro atoms. The van der Waals surface area contributed by atoms with Crippen molar-refractivity contribution in [3.8, 4) is 0 Å². The molecule has 0 saturated carbocycles. The third-order valence-electron chi connectivity index (χ3n) is 2.59. The van der Waals surface area contributed by atoms with E-state index in [0.29, 0.717) is 0 Å². The SMILES string of the molecule is CCc1ccc(C[C@@H](C)C=O)c(C)c1. The molecule has 0 unspecified atom stereocenters. The van der Waals surface area contributed by atoms with E-state index in [9.17, 15) is 4.79 Å². The van der Waals surface area contributed by atoms with E-state index in [1.165, 1.54) is 16.7 Å². The number of aldehydes is 1. The van der Waals surface area contributed by atoms with Crippen molar-refractivity contribution in [3.63, 3.8) is 0 Å². The zero-order chi connectivity index (χ0) is 10.6. The second-order valence-electron chi connectivity index (χ2n) is 3.93. The Labute approximate surface area is 86.1 Å². The van der Waals surface area contributed by atoms with E-state index in [1.54, 1.807) is 0 Å². The van der Waals surface area contributed by atoms with Gasteiger partial charge >= 0.3 is 0 Å². The topological polar surface area (TPSA) is 17.1 Å². The molecule has 0 aromatic heterocycles. The van der Waals surface area contributed by atoms with Crippen LogP contribution in [0.1, 0.15) is 30.5 Å². The van der Waals surface area contributed by atoms with E-state index in [2.05, 4.69) is 32.0 Å². The normalized spacial score (nSPS) is 12.5. The van der Waals surface area contributed by atoms with E-state index in [-0.39, 0.29) is 5.92 Å². The molecule has 0 aliphatic heterocycles. The van der Waals surface area contributed by atoms with Gasteiger partial charge in [-0.15, -0.1) is 0 Å². The molecular formula is C13H18O. The predicted octanol–water partition coefficient (Wildman–Crippen LogP) is 2.93. The number of hydrogen-bond acceptors (Lipinski definition) is 1. The molecule has 1 aromatic rings. The maximum atomic E-state index is 10.5.